The second kappa shape index (κ2) is 10.8. The summed E-state index contributed by atoms with van der Waals surface area (Å²) in [5, 5.41) is 20.6. The topological polar surface area (TPSA) is 139 Å². The number of aliphatic imine (C=N–C) groups is 2. The van der Waals surface area contributed by atoms with Gasteiger partial charge in [-0.2, -0.15) is 0 Å². The third-order valence-electron chi connectivity index (χ3n) is 5.56. The summed E-state index contributed by atoms with van der Waals surface area (Å²) in [5.74, 6) is -1.33. The summed E-state index contributed by atoms with van der Waals surface area (Å²) < 4.78 is 15.4. The van der Waals surface area contributed by atoms with Crippen molar-refractivity contribution in [2.45, 2.75) is 19.4 Å². The van der Waals surface area contributed by atoms with Gasteiger partial charge < -0.3 is 21.7 Å². The quantitative estimate of drug-likeness (QED) is 0.133. The van der Waals surface area contributed by atoms with E-state index in [9.17, 15) is 14.3 Å². The molecule has 0 saturated heterocycles. The van der Waals surface area contributed by atoms with Crippen LogP contribution in [0.5, 0.6) is 5.88 Å². The fourth-order valence-corrected chi connectivity index (χ4v) is 4.42. The van der Waals surface area contributed by atoms with Crippen LogP contribution in [0.2, 0.25) is 0 Å². The van der Waals surface area contributed by atoms with E-state index in [-0.39, 0.29) is 18.3 Å². The van der Waals surface area contributed by atoms with Crippen molar-refractivity contribution in [1.82, 2.24) is 2.78 Å². The van der Waals surface area contributed by atoms with Gasteiger partial charge in [0.05, 0.1) is 51.9 Å². The number of halogens is 2. The molecule has 1 heterocycles. The van der Waals surface area contributed by atoms with Crippen LogP contribution in [-0.4, -0.2) is 30.6 Å². The monoisotopic (exact) mass is 599 g/mol. The lowest BCUT2D eigenvalue weighted by molar-refractivity contribution is -0.136. The zero-order valence-electron chi connectivity index (χ0n) is 19.0. The second-order valence-corrected chi connectivity index (χ2v) is 9.06. The van der Waals surface area contributed by atoms with Crippen molar-refractivity contribution >= 4 is 57.1 Å². The predicted octanol–water partition coefficient (Wildman–Crippen LogP) is 4.64. The van der Waals surface area contributed by atoms with Gasteiger partial charge in [0.2, 0.25) is 5.88 Å². The number of nitrogens with zero attached hydrogens (tertiary/aromatic N) is 3. The third kappa shape index (κ3) is 5.65. The van der Waals surface area contributed by atoms with Crippen LogP contribution in [-0.2, 0) is 17.8 Å². The molecule has 0 spiro atoms. The summed E-state index contributed by atoms with van der Waals surface area (Å²) in [7, 11) is 0. The highest BCUT2D eigenvalue weighted by Gasteiger charge is 2.22. The Bertz CT molecular complexity index is 1470. The minimum Gasteiger partial charge on any atom is -0.493 e. The first-order valence-corrected chi connectivity index (χ1v) is 11.9. The molecule has 0 aliphatic heterocycles. The number of carbonyl (C=O) groups is 1. The number of rotatable bonds is 8. The van der Waals surface area contributed by atoms with E-state index < -0.39 is 11.8 Å². The summed E-state index contributed by atoms with van der Waals surface area (Å²) in [4.78, 5) is 19.8. The number of fused-ring (bicyclic) bond motifs is 1. The Hall–Kier alpha value is -3.93. The van der Waals surface area contributed by atoms with E-state index >= 15 is 0 Å². The molecule has 36 heavy (non-hydrogen) atoms. The molecule has 3 aromatic carbocycles. The van der Waals surface area contributed by atoms with Crippen molar-refractivity contribution in [2.24, 2.45) is 21.5 Å². The number of carboxylic acid groups (broad SMARTS) is 1. The summed E-state index contributed by atoms with van der Waals surface area (Å²) in [6.07, 6.45) is 0.429. The molecule has 0 amide bonds. The Morgan fingerprint density at radius 3 is 2.31 bits per heavy atom. The van der Waals surface area contributed by atoms with Gasteiger partial charge >= 0.3 is 5.97 Å². The van der Waals surface area contributed by atoms with Crippen molar-refractivity contribution < 1.29 is 19.4 Å². The Morgan fingerprint density at radius 1 is 1.00 bits per heavy atom. The van der Waals surface area contributed by atoms with Crippen LogP contribution in [0.15, 0.2) is 76.7 Å². The van der Waals surface area contributed by atoms with Gasteiger partial charge in [0, 0.05) is 17.4 Å². The Kier molecular flexibility index (Phi) is 7.53. The number of aromatic nitrogens is 1. The fourth-order valence-electron chi connectivity index (χ4n) is 3.78. The molecule has 0 bridgehead atoms. The van der Waals surface area contributed by atoms with Crippen LogP contribution in [0.4, 0.5) is 10.1 Å². The summed E-state index contributed by atoms with van der Waals surface area (Å²) in [6, 6.07) is 19.0. The van der Waals surface area contributed by atoms with Crippen LogP contribution < -0.4 is 11.5 Å². The Balaban J connectivity index is 1.82. The molecule has 0 saturated carbocycles. The molecule has 0 radical (unpaired) electrons. The molecule has 6 N–H and O–H groups in total. The van der Waals surface area contributed by atoms with Crippen LogP contribution in [0, 0.1) is 5.82 Å². The molecule has 0 aliphatic carbocycles. The number of nitrogens with two attached hydrogens (primary N) is 2. The van der Waals surface area contributed by atoms with Crippen molar-refractivity contribution in [2.75, 3.05) is 0 Å². The lowest BCUT2D eigenvalue weighted by atomic mass is 9.98. The number of hydrogen-bond acceptors (Lipinski definition) is 4. The second-order valence-electron chi connectivity index (χ2n) is 8.10. The molecule has 0 fully saturated rings. The molecule has 0 atom stereocenters. The Morgan fingerprint density at radius 2 is 1.67 bits per heavy atom. The number of carboxylic acids is 1. The molecule has 8 nitrogen and oxygen atoms in total. The number of aryl methyl sites for hydroxylation is 1. The molecule has 0 aliphatic rings. The van der Waals surface area contributed by atoms with Gasteiger partial charge in [-0.3, -0.25) is 7.58 Å². The van der Waals surface area contributed by atoms with E-state index in [0.29, 0.717) is 46.4 Å². The maximum absolute atomic E-state index is 14.0. The maximum Gasteiger partial charge on any atom is 0.303 e. The first-order chi connectivity index (χ1) is 17.2. The highest BCUT2D eigenvalue weighted by Crippen LogP contribution is 2.36. The van der Waals surface area contributed by atoms with Gasteiger partial charge in [0.25, 0.3) is 0 Å². The van der Waals surface area contributed by atoms with Gasteiger partial charge in [-0.1, -0.05) is 36.4 Å². The summed E-state index contributed by atoms with van der Waals surface area (Å²) in [5.41, 5.74) is 15.4. The standard InChI is InChI=1S/C26H23FIN5O3/c27-18-8-11-20-21(13-18)33(28)25(36)23(20)24(17-6-1-15(2-7-17)5-12-22(34)35)32-19-9-3-16(4-10-19)14-31-26(29)30/h1-4,6-11,13,36H,5,12,14H2,(H,34,35)(H4,29,30,31). The van der Waals surface area contributed by atoms with E-state index in [4.69, 9.17) is 21.6 Å². The number of hydrogen-bond donors (Lipinski definition) is 4. The van der Waals surface area contributed by atoms with Crippen molar-refractivity contribution in [3.63, 3.8) is 0 Å². The predicted molar refractivity (Wildman–Crippen MR) is 147 cm³/mol. The smallest absolute Gasteiger partial charge is 0.303 e. The highest BCUT2D eigenvalue weighted by molar-refractivity contribution is 14.1. The Labute approximate surface area is 220 Å². The molecular formula is C26H23FIN5O3. The van der Waals surface area contributed by atoms with E-state index in [1.165, 1.54) is 14.9 Å². The van der Waals surface area contributed by atoms with Crippen molar-refractivity contribution in [3.8, 4) is 5.88 Å². The molecule has 4 rings (SSSR count). The normalized spacial score (nSPS) is 11.6. The van der Waals surface area contributed by atoms with Crippen molar-refractivity contribution in [3.05, 3.63) is 94.8 Å². The number of guanidine groups is 1. The summed E-state index contributed by atoms with van der Waals surface area (Å²) in [6.45, 7) is 0.339. The van der Waals surface area contributed by atoms with Gasteiger partial charge in [-0.25, -0.2) is 14.4 Å². The molecule has 1 aromatic heterocycles. The zero-order valence-corrected chi connectivity index (χ0v) is 21.2. The van der Waals surface area contributed by atoms with Crippen LogP contribution in [0.25, 0.3) is 10.9 Å². The minimum atomic E-state index is -0.864. The molecule has 184 valence electrons. The van der Waals surface area contributed by atoms with Gasteiger partial charge in [0.1, 0.15) is 5.82 Å². The number of aliphatic carboxylic acids is 1. The minimum absolute atomic E-state index is 0.00767. The molecule has 0 unspecified atom stereocenters. The number of benzene rings is 3. The van der Waals surface area contributed by atoms with Crippen LogP contribution in [0.3, 0.4) is 0 Å². The lowest BCUT2D eigenvalue weighted by Gasteiger charge is -2.10. The van der Waals surface area contributed by atoms with Gasteiger partial charge in [-0.15, -0.1) is 0 Å². The molecule has 10 heteroatoms. The lowest BCUT2D eigenvalue weighted by Crippen LogP contribution is -2.22. The van der Waals surface area contributed by atoms with E-state index in [0.717, 1.165) is 11.1 Å². The summed E-state index contributed by atoms with van der Waals surface area (Å²) >= 11 is 1.92. The first kappa shape index (κ1) is 25.2. The average Bonchev–Trinajstić information content (AvgIpc) is 3.10. The van der Waals surface area contributed by atoms with Crippen LogP contribution >= 0.6 is 22.9 Å². The van der Waals surface area contributed by atoms with Gasteiger partial charge in [-0.05, 0) is 47.9 Å². The molecule has 4 aromatic rings. The average molecular weight is 599 g/mol. The SMILES string of the molecule is NC(N)=NCc1ccc(N=C(c2ccc(CCC(=O)O)cc2)c2c(O)n(I)c3cc(F)ccc23)cc1. The van der Waals surface area contributed by atoms with Crippen LogP contribution in [0.1, 0.15) is 28.7 Å². The maximum atomic E-state index is 14.0. The highest BCUT2D eigenvalue weighted by atomic mass is 127. The largest absolute Gasteiger partial charge is 0.493 e. The van der Waals surface area contributed by atoms with E-state index in [1.54, 1.807) is 6.07 Å². The van der Waals surface area contributed by atoms with E-state index in [1.807, 2.05) is 71.4 Å². The first-order valence-electron chi connectivity index (χ1n) is 11.0. The number of aromatic hydroxyl groups is 1. The third-order valence-corrected chi connectivity index (χ3v) is 6.54. The van der Waals surface area contributed by atoms with E-state index in [2.05, 4.69) is 4.99 Å². The fraction of sp³-hybridized carbons (Fsp3) is 0.115. The van der Waals surface area contributed by atoms with Crippen molar-refractivity contribution in [1.29, 1.82) is 0 Å². The van der Waals surface area contributed by atoms with Gasteiger partial charge in [0.15, 0.2) is 5.96 Å². The molecular weight excluding hydrogens is 576 g/mol. The zero-order chi connectivity index (χ0) is 25.8.